The Kier molecular flexibility index (Phi) is 3.60. The van der Waals surface area contributed by atoms with Gasteiger partial charge in [-0.05, 0) is 24.3 Å². The zero-order chi connectivity index (χ0) is 11.4. The molecule has 2 nitrogen and oxygen atoms in total. The van der Waals surface area contributed by atoms with E-state index in [2.05, 4.69) is 42.2 Å². The molecule has 2 atom stereocenters. The molecular formula is C14H20N2. The Balaban J connectivity index is 2.04. The summed E-state index contributed by atoms with van der Waals surface area (Å²) in [5, 5.41) is 0. The van der Waals surface area contributed by atoms with E-state index in [-0.39, 0.29) is 0 Å². The van der Waals surface area contributed by atoms with Gasteiger partial charge >= 0.3 is 0 Å². The van der Waals surface area contributed by atoms with Crippen molar-refractivity contribution in [2.75, 3.05) is 6.54 Å². The van der Waals surface area contributed by atoms with Gasteiger partial charge in [0.1, 0.15) is 0 Å². The number of benzene rings is 1. The molecule has 0 amide bonds. The first kappa shape index (κ1) is 11.2. The standard InChI is InChI=1S/C14H20N2/c1-2-6-12-10-16-14(15)13(12)9-11-7-4-3-5-8-11/h3-5,7-8,12-13H,2,6,9-10H2,1H3,(H2,15,16)/t12-,13-/m1/s1. The quantitative estimate of drug-likeness (QED) is 0.825. The van der Waals surface area contributed by atoms with E-state index in [0.717, 1.165) is 18.8 Å². The van der Waals surface area contributed by atoms with Crippen LogP contribution in [0.5, 0.6) is 0 Å². The van der Waals surface area contributed by atoms with Crippen LogP contribution in [0.25, 0.3) is 0 Å². The van der Waals surface area contributed by atoms with Crippen LogP contribution in [-0.2, 0) is 6.42 Å². The molecule has 1 aromatic rings. The fourth-order valence-electron chi connectivity index (χ4n) is 2.51. The summed E-state index contributed by atoms with van der Waals surface area (Å²) in [4.78, 5) is 4.41. The second-order valence-corrected chi connectivity index (χ2v) is 4.61. The van der Waals surface area contributed by atoms with Crippen molar-refractivity contribution in [3.63, 3.8) is 0 Å². The van der Waals surface area contributed by atoms with Crippen LogP contribution in [0.1, 0.15) is 25.3 Å². The van der Waals surface area contributed by atoms with Crippen molar-refractivity contribution in [3.8, 4) is 0 Å². The van der Waals surface area contributed by atoms with E-state index in [1.807, 2.05) is 0 Å². The van der Waals surface area contributed by atoms with Gasteiger partial charge in [-0.15, -0.1) is 0 Å². The molecule has 0 saturated heterocycles. The normalized spacial score (nSPS) is 24.4. The molecule has 0 unspecified atom stereocenters. The molecule has 1 aromatic carbocycles. The predicted octanol–water partition coefficient (Wildman–Crippen LogP) is 2.63. The third-order valence-corrected chi connectivity index (χ3v) is 3.42. The highest BCUT2D eigenvalue weighted by molar-refractivity contribution is 5.85. The third-order valence-electron chi connectivity index (χ3n) is 3.42. The van der Waals surface area contributed by atoms with Crippen molar-refractivity contribution in [1.82, 2.24) is 0 Å². The molecule has 0 saturated carbocycles. The fraction of sp³-hybridized carbons (Fsp3) is 0.500. The van der Waals surface area contributed by atoms with Crippen LogP contribution in [0, 0.1) is 11.8 Å². The number of hydrogen-bond donors (Lipinski definition) is 1. The average Bonchev–Trinajstić information content (AvgIpc) is 2.64. The van der Waals surface area contributed by atoms with Gasteiger partial charge in [0.05, 0.1) is 5.84 Å². The van der Waals surface area contributed by atoms with E-state index in [4.69, 9.17) is 5.73 Å². The van der Waals surface area contributed by atoms with Crippen molar-refractivity contribution in [2.45, 2.75) is 26.2 Å². The minimum atomic E-state index is 0.461. The number of rotatable bonds is 4. The summed E-state index contributed by atoms with van der Waals surface area (Å²) in [6, 6.07) is 10.6. The van der Waals surface area contributed by atoms with Crippen LogP contribution >= 0.6 is 0 Å². The van der Waals surface area contributed by atoms with Gasteiger partial charge in [0.15, 0.2) is 0 Å². The van der Waals surface area contributed by atoms with Crippen LogP contribution in [0.15, 0.2) is 35.3 Å². The van der Waals surface area contributed by atoms with Crippen molar-refractivity contribution in [1.29, 1.82) is 0 Å². The highest BCUT2D eigenvalue weighted by Crippen LogP contribution is 2.27. The Bertz CT molecular complexity index is 356. The number of amidine groups is 1. The van der Waals surface area contributed by atoms with Crippen molar-refractivity contribution in [2.24, 2.45) is 22.6 Å². The molecule has 16 heavy (non-hydrogen) atoms. The van der Waals surface area contributed by atoms with Gasteiger partial charge in [-0.25, -0.2) is 0 Å². The molecule has 0 bridgehead atoms. The molecule has 2 N–H and O–H groups in total. The molecule has 0 radical (unpaired) electrons. The minimum absolute atomic E-state index is 0.461. The van der Waals surface area contributed by atoms with Crippen LogP contribution < -0.4 is 5.73 Å². The summed E-state index contributed by atoms with van der Waals surface area (Å²) in [6.07, 6.45) is 3.50. The van der Waals surface area contributed by atoms with Crippen LogP contribution in [0.3, 0.4) is 0 Å². The van der Waals surface area contributed by atoms with E-state index < -0.39 is 0 Å². The molecule has 2 heteroatoms. The smallest absolute Gasteiger partial charge is 0.0975 e. The minimum Gasteiger partial charge on any atom is -0.387 e. The van der Waals surface area contributed by atoms with E-state index in [1.54, 1.807) is 0 Å². The maximum Gasteiger partial charge on any atom is 0.0975 e. The molecule has 0 aromatic heterocycles. The lowest BCUT2D eigenvalue weighted by atomic mass is 9.85. The number of nitrogens with zero attached hydrogens (tertiary/aromatic N) is 1. The van der Waals surface area contributed by atoms with Gasteiger partial charge in [0.2, 0.25) is 0 Å². The van der Waals surface area contributed by atoms with Gasteiger partial charge < -0.3 is 5.73 Å². The van der Waals surface area contributed by atoms with Gasteiger partial charge in [-0.1, -0.05) is 43.7 Å². The second kappa shape index (κ2) is 5.15. The highest BCUT2D eigenvalue weighted by atomic mass is 14.9. The Morgan fingerprint density at radius 1 is 1.31 bits per heavy atom. The Morgan fingerprint density at radius 2 is 2.06 bits per heavy atom. The predicted molar refractivity (Wildman–Crippen MR) is 68.5 cm³/mol. The van der Waals surface area contributed by atoms with Crippen LogP contribution in [0.2, 0.25) is 0 Å². The van der Waals surface area contributed by atoms with Gasteiger partial charge in [0, 0.05) is 12.5 Å². The fourth-order valence-corrected chi connectivity index (χ4v) is 2.51. The second-order valence-electron chi connectivity index (χ2n) is 4.61. The zero-order valence-electron chi connectivity index (χ0n) is 9.89. The molecular weight excluding hydrogens is 196 g/mol. The van der Waals surface area contributed by atoms with E-state index in [9.17, 15) is 0 Å². The Hall–Kier alpha value is -1.31. The third kappa shape index (κ3) is 2.43. The summed E-state index contributed by atoms with van der Waals surface area (Å²) < 4.78 is 0. The topological polar surface area (TPSA) is 38.4 Å². The zero-order valence-corrected chi connectivity index (χ0v) is 9.89. The highest BCUT2D eigenvalue weighted by Gasteiger charge is 2.28. The largest absolute Gasteiger partial charge is 0.387 e. The maximum absolute atomic E-state index is 6.00. The van der Waals surface area contributed by atoms with Crippen molar-refractivity contribution >= 4 is 5.84 Å². The summed E-state index contributed by atoms with van der Waals surface area (Å²) in [7, 11) is 0. The Labute approximate surface area is 97.6 Å². The maximum atomic E-state index is 6.00. The monoisotopic (exact) mass is 216 g/mol. The summed E-state index contributed by atoms with van der Waals surface area (Å²) in [5.74, 6) is 1.98. The summed E-state index contributed by atoms with van der Waals surface area (Å²) in [6.45, 7) is 3.16. The molecule has 0 fully saturated rings. The summed E-state index contributed by atoms with van der Waals surface area (Å²) >= 11 is 0. The lowest BCUT2D eigenvalue weighted by molar-refractivity contribution is 0.418. The van der Waals surface area contributed by atoms with E-state index in [1.165, 1.54) is 18.4 Å². The average molecular weight is 216 g/mol. The summed E-state index contributed by atoms with van der Waals surface area (Å²) in [5.41, 5.74) is 7.37. The molecule has 86 valence electrons. The number of hydrogen-bond acceptors (Lipinski definition) is 2. The molecule has 0 aliphatic carbocycles. The number of nitrogens with two attached hydrogens (primary N) is 1. The lowest BCUT2D eigenvalue weighted by Gasteiger charge is -2.18. The van der Waals surface area contributed by atoms with E-state index >= 15 is 0 Å². The van der Waals surface area contributed by atoms with Crippen molar-refractivity contribution in [3.05, 3.63) is 35.9 Å². The lowest BCUT2D eigenvalue weighted by Crippen LogP contribution is -2.27. The van der Waals surface area contributed by atoms with Gasteiger partial charge in [0.25, 0.3) is 0 Å². The first-order valence-electron chi connectivity index (χ1n) is 6.15. The number of aliphatic imine (C=N–C) groups is 1. The van der Waals surface area contributed by atoms with E-state index in [0.29, 0.717) is 11.8 Å². The van der Waals surface area contributed by atoms with Crippen LogP contribution in [-0.4, -0.2) is 12.4 Å². The Morgan fingerprint density at radius 3 is 2.75 bits per heavy atom. The SMILES string of the molecule is CCC[C@@H]1CN=C(N)[C@@H]1Cc1ccccc1. The van der Waals surface area contributed by atoms with Crippen LogP contribution in [0.4, 0.5) is 0 Å². The molecule has 1 aliphatic rings. The van der Waals surface area contributed by atoms with Gasteiger partial charge in [-0.3, -0.25) is 4.99 Å². The first-order valence-corrected chi connectivity index (χ1v) is 6.15. The first-order chi connectivity index (χ1) is 7.81. The van der Waals surface area contributed by atoms with Crippen molar-refractivity contribution < 1.29 is 0 Å². The molecule has 2 rings (SSSR count). The molecule has 1 heterocycles. The van der Waals surface area contributed by atoms with Gasteiger partial charge in [-0.2, -0.15) is 0 Å². The molecule has 0 spiro atoms. The molecule has 1 aliphatic heterocycles.